The lowest BCUT2D eigenvalue weighted by atomic mass is 10.1. The Morgan fingerprint density at radius 2 is 1.62 bits per heavy atom. The van der Waals surface area contributed by atoms with Gasteiger partial charge in [-0.05, 0) is 60.0 Å². The Hall–Kier alpha value is -5.18. The molecule has 1 N–H and O–H groups in total. The largest absolute Gasteiger partial charge is 0.465 e. The van der Waals surface area contributed by atoms with Crippen LogP contribution in [0, 0.1) is 5.92 Å². The first-order chi connectivity index (χ1) is 19.4. The van der Waals surface area contributed by atoms with Crippen LogP contribution in [0.3, 0.4) is 0 Å². The van der Waals surface area contributed by atoms with Gasteiger partial charge < -0.3 is 24.4 Å². The monoisotopic (exact) mass is 538 g/mol. The van der Waals surface area contributed by atoms with Crippen molar-refractivity contribution in [2.45, 2.75) is 6.42 Å². The summed E-state index contributed by atoms with van der Waals surface area (Å²) in [6.45, 7) is -0.347. The molecule has 1 fully saturated rings. The summed E-state index contributed by atoms with van der Waals surface area (Å²) in [5, 5.41) is 4.66. The number of nitrogens with zero attached hydrogens (tertiary/aromatic N) is 1. The van der Waals surface area contributed by atoms with Crippen LogP contribution in [0.2, 0.25) is 0 Å². The van der Waals surface area contributed by atoms with Crippen LogP contribution < -0.4 is 15.0 Å². The van der Waals surface area contributed by atoms with Crippen LogP contribution in [0.1, 0.15) is 16.8 Å². The van der Waals surface area contributed by atoms with Crippen LogP contribution in [-0.4, -0.2) is 44.0 Å². The molecule has 0 saturated carbocycles. The van der Waals surface area contributed by atoms with E-state index in [9.17, 15) is 19.2 Å². The highest BCUT2D eigenvalue weighted by Crippen LogP contribution is 2.32. The van der Waals surface area contributed by atoms with Crippen molar-refractivity contribution in [1.82, 2.24) is 0 Å². The van der Waals surface area contributed by atoms with E-state index in [2.05, 4.69) is 10.1 Å². The molecule has 202 valence electrons. The molecular formula is C31H26N2O7. The van der Waals surface area contributed by atoms with E-state index in [1.807, 2.05) is 42.5 Å². The van der Waals surface area contributed by atoms with Gasteiger partial charge in [0.15, 0.2) is 6.61 Å². The molecule has 2 amide bonds. The van der Waals surface area contributed by atoms with Crippen molar-refractivity contribution in [3.05, 3.63) is 96.6 Å². The maximum Gasteiger partial charge on any atom is 0.337 e. The Morgan fingerprint density at radius 3 is 2.38 bits per heavy atom. The van der Waals surface area contributed by atoms with Crippen LogP contribution in [0.15, 0.2) is 91.0 Å². The zero-order valence-electron chi connectivity index (χ0n) is 21.7. The normalized spacial score (nSPS) is 14.6. The van der Waals surface area contributed by atoms with Gasteiger partial charge in [0, 0.05) is 29.7 Å². The van der Waals surface area contributed by atoms with Crippen molar-refractivity contribution in [1.29, 1.82) is 0 Å². The highest BCUT2D eigenvalue weighted by Gasteiger charge is 2.36. The van der Waals surface area contributed by atoms with E-state index in [1.54, 1.807) is 24.3 Å². The fourth-order valence-electron chi connectivity index (χ4n) is 4.48. The van der Waals surface area contributed by atoms with E-state index in [0.29, 0.717) is 22.7 Å². The second-order valence-corrected chi connectivity index (χ2v) is 9.20. The van der Waals surface area contributed by atoms with Crippen LogP contribution in [-0.2, 0) is 23.9 Å². The molecule has 9 nitrogen and oxygen atoms in total. The van der Waals surface area contributed by atoms with Crippen LogP contribution in [0.4, 0.5) is 11.4 Å². The number of methoxy groups -OCH3 is 1. The summed E-state index contributed by atoms with van der Waals surface area (Å²) in [5.74, 6) is -1.20. The molecule has 0 bridgehead atoms. The lowest BCUT2D eigenvalue weighted by Gasteiger charge is -2.17. The molecule has 0 aliphatic carbocycles. The fraction of sp³-hybridized carbons (Fsp3) is 0.161. The summed E-state index contributed by atoms with van der Waals surface area (Å²) in [4.78, 5) is 50.5. The fourth-order valence-corrected chi connectivity index (χ4v) is 4.48. The van der Waals surface area contributed by atoms with E-state index in [1.165, 1.54) is 36.3 Å². The van der Waals surface area contributed by atoms with Crippen molar-refractivity contribution in [2.75, 3.05) is 30.5 Å². The topological polar surface area (TPSA) is 111 Å². The minimum absolute atomic E-state index is 0.0102. The summed E-state index contributed by atoms with van der Waals surface area (Å²) in [6.07, 6.45) is -0.0102. The first kappa shape index (κ1) is 26.4. The van der Waals surface area contributed by atoms with Gasteiger partial charge in [-0.3, -0.25) is 14.4 Å². The van der Waals surface area contributed by atoms with Crippen molar-refractivity contribution in [3.63, 3.8) is 0 Å². The van der Waals surface area contributed by atoms with Gasteiger partial charge in [0.2, 0.25) is 5.91 Å². The molecule has 0 spiro atoms. The first-order valence-electron chi connectivity index (χ1n) is 12.6. The van der Waals surface area contributed by atoms with Gasteiger partial charge in [0.1, 0.15) is 11.5 Å². The quantitative estimate of drug-likeness (QED) is 0.316. The van der Waals surface area contributed by atoms with Gasteiger partial charge in [0.25, 0.3) is 5.91 Å². The van der Waals surface area contributed by atoms with Crippen molar-refractivity contribution in [3.8, 4) is 11.5 Å². The first-order valence-corrected chi connectivity index (χ1v) is 12.6. The molecule has 0 unspecified atom stereocenters. The zero-order chi connectivity index (χ0) is 28.1. The Morgan fingerprint density at radius 1 is 0.900 bits per heavy atom. The molecule has 1 aliphatic rings. The molecule has 1 heterocycles. The average molecular weight is 539 g/mol. The molecule has 5 rings (SSSR count). The summed E-state index contributed by atoms with van der Waals surface area (Å²) in [6, 6.07) is 27.0. The number of amides is 2. The van der Waals surface area contributed by atoms with Crippen molar-refractivity contribution in [2.24, 2.45) is 5.92 Å². The molecule has 9 heteroatoms. The number of carbonyl (C=O) groups excluding carboxylic acids is 4. The third-order valence-electron chi connectivity index (χ3n) is 6.52. The maximum absolute atomic E-state index is 12.7. The lowest BCUT2D eigenvalue weighted by Crippen LogP contribution is -2.28. The lowest BCUT2D eigenvalue weighted by molar-refractivity contribution is -0.151. The standard InChI is InChI=1S/C31H26N2O7/c1-38-30(36)21-9-11-23(12-10-21)32-28(34)19-39-31(37)22-17-29(35)33(18-22)24-13-15-25(16-14-24)40-27-8-4-6-20-5-2-3-7-26(20)27/h2-16,22H,17-19H2,1H3,(H,32,34)/t22-/m1/s1. The van der Waals surface area contributed by atoms with E-state index in [0.717, 1.165) is 16.5 Å². The third-order valence-corrected chi connectivity index (χ3v) is 6.52. The van der Waals surface area contributed by atoms with Crippen LogP contribution >= 0.6 is 0 Å². The summed E-state index contributed by atoms with van der Waals surface area (Å²) in [5.41, 5.74) is 1.41. The molecular weight excluding hydrogens is 512 g/mol. The highest BCUT2D eigenvalue weighted by molar-refractivity contribution is 6.00. The molecule has 4 aromatic rings. The Balaban J connectivity index is 1.14. The summed E-state index contributed by atoms with van der Waals surface area (Å²) < 4.78 is 15.9. The van der Waals surface area contributed by atoms with Crippen LogP contribution in [0.5, 0.6) is 11.5 Å². The zero-order valence-corrected chi connectivity index (χ0v) is 21.7. The number of hydrogen-bond donors (Lipinski definition) is 1. The Labute approximate surface area is 230 Å². The molecule has 1 saturated heterocycles. The number of ether oxygens (including phenoxy) is 3. The molecule has 40 heavy (non-hydrogen) atoms. The molecule has 0 aromatic heterocycles. The third kappa shape index (κ3) is 5.94. The van der Waals surface area contributed by atoms with E-state index in [-0.39, 0.29) is 18.9 Å². The van der Waals surface area contributed by atoms with Gasteiger partial charge in [-0.25, -0.2) is 4.79 Å². The number of benzene rings is 4. The summed E-state index contributed by atoms with van der Waals surface area (Å²) in [7, 11) is 1.28. The number of nitrogens with one attached hydrogen (secondary N) is 1. The van der Waals surface area contributed by atoms with Gasteiger partial charge in [-0.1, -0.05) is 36.4 Å². The van der Waals surface area contributed by atoms with Gasteiger partial charge >= 0.3 is 11.9 Å². The summed E-state index contributed by atoms with van der Waals surface area (Å²) >= 11 is 0. The minimum atomic E-state index is -0.689. The maximum atomic E-state index is 12.7. The Kier molecular flexibility index (Phi) is 7.72. The minimum Gasteiger partial charge on any atom is -0.465 e. The Bertz CT molecular complexity index is 1560. The number of esters is 2. The highest BCUT2D eigenvalue weighted by atomic mass is 16.5. The second kappa shape index (κ2) is 11.7. The number of rotatable bonds is 8. The van der Waals surface area contributed by atoms with E-state index in [4.69, 9.17) is 9.47 Å². The average Bonchev–Trinajstić information content (AvgIpc) is 3.38. The second-order valence-electron chi connectivity index (χ2n) is 9.20. The molecule has 1 atom stereocenters. The van der Waals surface area contributed by atoms with Crippen LogP contribution in [0.25, 0.3) is 10.8 Å². The SMILES string of the molecule is COC(=O)c1ccc(NC(=O)COC(=O)[C@@H]2CC(=O)N(c3ccc(Oc4cccc5ccccc45)cc3)C2)cc1. The predicted octanol–water partition coefficient (Wildman–Crippen LogP) is 4.95. The number of anilines is 2. The number of fused-ring (bicyclic) bond motifs is 1. The number of carbonyl (C=O) groups is 4. The van der Waals surface area contributed by atoms with E-state index >= 15 is 0 Å². The number of hydrogen-bond acceptors (Lipinski definition) is 7. The molecule has 4 aromatic carbocycles. The predicted molar refractivity (Wildman–Crippen MR) is 148 cm³/mol. The van der Waals surface area contributed by atoms with Gasteiger partial charge in [0.05, 0.1) is 18.6 Å². The van der Waals surface area contributed by atoms with Gasteiger partial charge in [-0.2, -0.15) is 0 Å². The molecule has 1 aliphatic heterocycles. The van der Waals surface area contributed by atoms with Crippen molar-refractivity contribution < 1.29 is 33.4 Å². The van der Waals surface area contributed by atoms with Gasteiger partial charge in [-0.15, -0.1) is 0 Å². The van der Waals surface area contributed by atoms with Crippen molar-refractivity contribution >= 4 is 45.9 Å². The smallest absolute Gasteiger partial charge is 0.337 e. The van der Waals surface area contributed by atoms with E-state index < -0.39 is 30.4 Å². The molecule has 0 radical (unpaired) electrons.